The summed E-state index contributed by atoms with van der Waals surface area (Å²) in [6.45, 7) is 7.28. The van der Waals surface area contributed by atoms with Crippen molar-refractivity contribution in [3.8, 4) is 0 Å². The van der Waals surface area contributed by atoms with Crippen molar-refractivity contribution in [2.24, 2.45) is 0 Å². The molecule has 0 saturated heterocycles. The van der Waals surface area contributed by atoms with Gasteiger partial charge in [0.1, 0.15) is 0 Å². The lowest BCUT2D eigenvalue weighted by Gasteiger charge is -2.18. The molecule has 0 aromatic heterocycles. The molecule has 0 aromatic rings. The molecule has 5 heteroatoms. The number of carbonyl (C=O) groups is 1. The van der Waals surface area contributed by atoms with Crippen LogP contribution in [0, 0.1) is 0 Å². The standard InChI is InChI=1S/C11H22O5/c1-4-10(14-5-2)8-16-9(3)6-7-15-11(12)13/h9-10H,4-8H2,1-3H3,(H,12,13). The van der Waals surface area contributed by atoms with E-state index in [1.807, 2.05) is 20.8 Å². The second-order valence-electron chi connectivity index (χ2n) is 3.53. The van der Waals surface area contributed by atoms with E-state index in [2.05, 4.69) is 4.74 Å². The molecule has 16 heavy (non-hydrogen) atoms. The van der Waals surface area contributed by atoms with Crippen molar-refractivity contribution in [1.82, 2.24) is 0 Å². The van der Waals surface area contributed by atoms with Crippen molar-refractivity contribution < 1.29 is 24.1 Å². The van der Waals surface area contributed by atoms with Gasteiger partial charge in [0, 0.05) is 13.0 Å². The van der Waals surface area contributed by atoms with Crippen LogP contribution in [0.2, 0.25) is 0 Å². The molecule has 0 amide bonds. The van der Waals surface area contributed by atoms with Gasteiger partial charge in [-0.3, -0.25) is 0 Å². The van der Waals surface area contributed by atoms with E-state index in [9.17, 15) is 4.79 Å². The first-order valence-electron chi connectivity index (χ1n) is 5.69. The molecule has 0 radical (unpaired) electrons. The van der Waals surface area contributed by atoms with Crippen LogP contribution in [0.4, 0.5) is 4.79 Å². The topological polar surface area (TPSA) is 65.0 Å². The van der Waals surface area contributed by atoms with Gasteiger partial charge in [-0.1, -0.05) is 6.92 Å². The Bertz CT molecular complexity index is 183. The highest BCUT2D eigenvalue weighted by Crippen LogP contribution is 2.04. The number of ether oxygens (including phenoxy) is 3. The third-order valence-electron chi connectivity index (χ3n) is 2.17. The zero-order valence-corrected chi connectivity index (χ0v) is 10.3. The molecule has 1 N–H and O–H groups in total. The van der Waals surface area contributed by atoms with E-state index >= 15 is 0 Å². The van der Waals surface area contributed by atoms with Gasteiger partial charge in [-0.25, -0.2) is 4.79 Å². The second kappa shape index (κ2) is 9.42. The first-order chi connectivity index (χ1) is 7.60. The zero-order valence-electron chi connectivity index (χ0n) is 10.3. The maximum atomic E-state index is 10.1. The van der Waals surface area contributed by atoms with Gasteiger partial charge in [-0.05, 0) is 20.3 Å². The Kier molecular flexibility index (Phi) is 8.94. The van der Waals surface area contributed by atoms with Crippen molar-refractivity contribution in [3.05, 3.63) is 0 Å². The quantitative estimate of drug-likeness (QED) is 0.620. The average molecular weight is 234 g/mol. The monoisotopic (exact) mass is 234 g/mol. The molecule has 2 unspecified atom stereocenters. The van der Waals surface area contributed by atoms with E-state index < -0.39 is 6.16 Å². The number of hydrogen-bond acceptors (Lipinski definition) is 4. The lowest BCUT2D eigenvalue weighted by molar-refractivity contribution is -0.0435. The van der Waals surface area contributed by atoms with E-state index in [1.165, 1.54) is 0 Å². The first-order valence-corrected chi connectivity index (χ1v) is 5.69. The van der Waals surface area contributed by atoms with E-state index in [-0.39, 0.29) is 18.8 Å². The Morgan fingerprint density at radius 3 is 2.50 bits per heavy atom. The van der Waals surface area contributed by atoms with Crippen LogP contribution < -0.4 is 0 Å². The fraction of sp³-hybridized carbons (Fsp3) is 0.909. The zero-order chi connectivity index (χ0) is 12.4. The molecule has 0 aliphatic rings. The van der Waals surface area contributed by atoms with Crippen molar-refractivity contribution in [3.63, 3.8) is 0 Å². The van der Waals surface area contributed by atoms with Crippen molar-refractivity contribution in [1.29, 1.82) is 0 Å². The summed E-state index contributed by atoms with van der Waals surface area (Å²) in [5, 5.41) is 8.27. The fourth-order valence-electron chi connectivity index (χ4n) is 1.19. The molecule has 0 heterocycles. The Hall–Kier alpha value is -0.810. The largest absolute Gasteiger partial charge is 0.505 e. The fourth-order valence-corrected chi connectivity index (χ4v) is 1.19. The molecule has 0 spiro atoms. The van der Waals surface area contributed by atoms with Gasteiger partial charge in [0.2, 0.25) is 0 Å². The normalized spacial score (nSPS) is 14.4. The maximum Gasteiger partial charge on any atom is 0.505 e. The van der Waals surface area contributed by atoms with E-state index in [1.54, 1.807) is 0 Å². The Morgan fingerprint density at radius 2 is 2.00 bits per heavy atom. The minimum absolute atomic E-state index is 0.0196. The van der Waals surface area contributed by atoms with Gasteiger partial charge in [-0.2, -0.15) is 0 Å². The molecule has 0 fully saturated rings. The van der Waals surface area contributed by atoms with Crippen LogP contribution in [-0.2, 0) is 14.2 Å². The number of carboxylic acid groups (broad SMARTS) is 1. The highest BCUT2D eigenvalue weighted by atomic mass is 16.7. The molecule has 0 rings (SSSR count). The average Bonchev–Trinajstić information content (AvgIpc) is 2.23. The molecular formula is C11H22O5. The predicted octanol–water partition coefficient (Wildman–Crippen LogP) is 2.29. The van der Waals surface area contributed by atoms with Crippen molar-refractivity contribution >= 4 is 6.16 Å². The summed E-state index contributed by atoms with van der Waals surface area (Å²) in [6.07, 6.45) is 0.329. The maximum absolute atomic E-state index is 10.1. The molecular weight excluding hydrogens is 212 g/mol. The minimum Gasteiger partial charge on any atom is -0.450 e. The van der Waals surface area contributed by atoms with E-state index in [0.29, 0.717) is 19.6 Å². The van der Waals surface area contributed by atoms with Gasteiger partial charge in [0.05, 0.1) is 25.4 Å². The van der Waals surface area contributed by atoms with E-state index in [4.69, 9.17) is 14.6 Å². The summed E-state index contributed by atoms with van der Waals surface area (Å²) < 4.78 is 15.4. The summed E-state index contributed by atoms with van der Waals surface area (Å²) in [4.78, 5) is 10.1. The summed E-state index contributed by atoms with van der Waals surface area (Å²) >= 11 is 0. The summed E-state index contributed by atoms with van der Waals surface area (Å²) in [7, 11) is 0. The lowest BCUT2D eigenvalue weighted by atomic mass is 10.2. The lowest BCUT2D eigenvalue weighted by Crippen LogP contribution is -2.23. The van der Waals surface area contributed by atoms with Gasteiger partial charge < -0.3 is 19.3 Å². The molecule has 5 nitrogen and oxygen atoms in total. The molecule has 0 saturated carbocycles. The van der Waals surface area contributed by atoms with Crippen LogP contribution in [0.25, 0.3) is 0 Å². The third kappa shape index (κ3) is 8.49. The predicted molar refractivity (Wildman–Crippen MR) is 59.7 cm³/mol. The highest BCUT2D eigenvalue weighted by Gasteiger charge is 2.09. The summed E-state index contributed by atoms with van der Waals surface area (Å²) in [5.41, 5.74) is 0. The van der Waals surface area contributed by atoms with Crippen LogP contribution in [-0.4, -0.2) is 43.3 Å². The van der Waals surface area contributed by atoms with Crippen LogP contribution in [0.5, 0.6) is 0 Å². The van der Waals surface area contributed by atoms with Crippen LogP contribution in [0.15, 0.2) is 0 Å². The smallest absolute Gasteiger partial charge is 0.450 e. The molecule has 2 atom stereocenters. The van der Waals surface area contributed by atoms with Crippen LogP contribution >= 0.6 is 0 Å². The van der Waals surface area contributed by atoms with Crippen LogP contribution in [0.3, 0.4) is 0 Å². The first kappa shape index (κ1) is 15.2. The Balaban J connectivity index is 3.54. The van der Waals surface area contributed by atoms with Gasteiger partial charge in [-0.15, -0.1) is 0 Å². The summed E-state index contributed by atoms with van der Waals surface area (Å²) in [6, 6.07) is 0. The Morgan fingerprint density at radius 1 is 1.31 bits per heavy atom. The van der Waals surface area contributed by atoms with Crippen molar-refractivity contribution in [2.45, 2.75) is 45.8 Å². The summed E-state index contributed by atoms with van der Waals surface area (Å²) in [5.74, 6) is 0. The minimum atomic E-state index is -1.24. The van der Waals surface area contributed by atoms with Gasteiger partial charge in [0.25, 0.3) is 0 Å². The number of rotatable bonds is 9. The van der Waals surface area contributed by atoms with Gasteiger partial charge >= 0.3 is 6.16 Å². The number of hydrogen-bond donors (Lipinski definition) is 1. The second-order valence-corrected chi connectivity index (χ2v) is 3.53. The molecule has 0 aromatic carbocycles. The molecule has 0 aliphatic heterocycles. The third-order valence-corrected chi connectivity index (χ3v) is 2.17. The Labute approximate surface area is 96.7 Å². The molecule has 0 aliphatic carbocycles. The highest BCUT2D eigenvalue weighted by molar-refractivity contribution is 5.56. The molecule has 0 bridgehead atoms. The SMILES string of the molecule is CCOC(CC)COC(C)CCOC(=O)O. The van der Waals surface area contributed by atoms with Crippen LogP contribution in [0.1, 0.15) is 33.6 Å². The molecule has 96 valence electrons. The van der Waals surface area contributed by atoms with Crippen molar-refractivity contribution in [2.75, 3.05) is 19.8 Å². The van der Waals surface area contributed by atoms with E-state index in [0.717, 1.165) is 6.42 Å². The van der Waals surface area contributed by atoms with Gasteiger partial charge in [0.15, 0.2) is 0 Å².